The van der Waals surface area contributed by atoms with Gasteiger partial charge in [0.1, 0.15) is 5.75 Å². The monoisotopic (exact) mass is 430 g/mol. The van der Waals surface area contributed by atoms with E-state index in [-0.39, 0.29) is 0 Å². The van der Waals surface area contributed by atoms with Crippen molar-refractivity contribution in [3.05, 3.63) is 83.2 Å². The number of carboxylic acids is 1. The Morgan fingerprint density at radius 3 is 2.69 bits per heavy atom. The van der Waals surface area contributed by atoms with Crippen LogP contribution in [0.15, 0.2) is 60.9 Å². The number of carboxylic acid groups (broad SMARTS) is 1. The molecule has 0 spiro atoms. The summed E-state index contributed by atoms with van der Waals surface area (Å²) in [5.41, 5.74) is 6.29. The SMILES string of the molecule is CCOc1ccc(N(C)c2ccc3c(c2)CCC[C@H]3CCc2cnccc2C(=O)O)cc1. The molecule has 0 unspecified atom stereocenters. The molecule has 166 valence electrons. The van der Waals surface area contributed by atoms with Crippen LogP contribution in [0.3, 0.4) is 0 Å². The van der Waals surface area contributed by atoms with Gasteiger partial charge in [-0.15, -0.1) is 0 Å². The van der Waals surface area contributed by atoms with Gasteiger partial charge in [0.25, 0.3) is 0 Å². The van der Waals surface area contributed by atoms with Gasteiger partial charge < -0.3 is 14.7 Å². The van der Waals surface area contributed by atoms with Gasteiger partial charge in [-0.25, -0.2) is 4.79 Å². The molecule has 32 heavy (non-hydrogen) atoms. The molecule has 1 atom stereocenters. The maximum absolute atomic E-state index is 11.5. The molecule has 1 aliphatic carbocycles. The Hall–Kier alpha value is -3.34. The first kappa shape index (κ1) is 21.9. The third-order valence-corrected chi connectivity index (χ3v) is 6.38. The second kappa shape index (κ2) is 9.86. The van der Waals surface area contributed by atoms with Crippen LogP contribution >= 0.6 is 0 Å². The summed E-state index contributed by atoms with van der Waals surface area (Å²) in [6.07, 6.45) is 8.30. The molecule has 0 saturated heterocycles. The Morgan fingerprint density at radius 2 is 1.94 bits per heavy atom. The standard InChI is InChI=1S/C27H30N2O3/c1-3-32-24-12-9-22(10-13-24)29(2)23-11-14-25-19(5-4-6-20(25)17-23)7-8-21-18-28-16-15-26(21)27(30)31/h9-19H,3-8H2,1-2H3,(H,30,31)/t19-/m0/s1. The van der Waals surface area contributed by atoms with Crippen molar-refractivity contribution < 1.29 is 14.6 Å². The van der Waals surface area contributed by atoms with Gasteiger partial charge in [0.05, 0.1) is 12.2 Å². The largest absolute Gasteiger partial charge is 0.494 e. The summed E-state index contributed by atoms with van der Waals surface area (Å²) in [4.78, 5) is 17.8. The second-order valence-corrected chi connectivity index (χ2v) is 8.33. The highest BCUT2D eigenvalue weighted by Gasteiger charge is 2.22. The first-order valence-electron chi connectivity index (χ1n) is 11.3. The van der Waals surface area contributed by atoms with Gasteiger partial charge in [-0.1, -0.05) is 6.07 Å². The number of carbonyl (C=O) groups is 1. The average molecular weight is 431 g/mol. The van der Waals surface area contributed by atoms with E-state index in [4.69, 9.17) is 4.74 Å². The van der Waals surface area contributed by atoms with E-state index < -0.39 is 5.97 Å². The van der Waals surface area contributed by atoms with E-state index >= 15 is 0 Å². The van der Waals surface area contributed by atoms with Gasteiger partial charge in [0, 0.05) is 30.8 Å². The summed E-state index contributed by atoms with van der Waals surface area (Å²) in [6.45, 7) is 2.65. The lowest BCUT2D eigenvalue weighted by atomic mass is 9.79. The van der Waals surface area contributed by atoms with E-state index in [1.54, 1.807) is 18.5 Å². The highest BCUT2D eigenvalue weighted by Crippen LogP contribution is 2.38. The number of pyridine rings is 1. The molecule has 1 aliphatic rings. The zero-order valence-electron chi connectivity index (χ0n) is 18.8. The minimum absolute atomic E-state index is 0.364. The number of fused-ring (bicyclic) bond motifs is 1. The van der Waals surface area contributed by atoms with Crippen LogP contribution in [0.1, 0.15) is 59.2 Å². The molecule has 0 bridgehead atoms. The van der Waals surface area contributed by atoms with Crippen molar-refractivity contribution in [2.45, 2.75) is 44.9 Å². The minimum atomic E-state index is -0.881. The van der Waals surface area contributed by atoms with Crippen molar-refractivity contribution in [1.82, 2.24) is 4.98 Å². The molecule has 3 aromatic rings. The Bertz CT molecular complexity index is 1080. The van der Waals surface area contributed by atoms with E-state index in [0.717, 1.165) is 49.1 Å². The maximum Gasteiger partial charge on any atom is 0.336 e. The Labute approximate surface area is 189 Å². The van der Waals surface area contributed by atoms with Gasteiger partial charge in [-0.2, -0.15) is 0 Å². The molecule has 1 aromatic heterocycles. The minimum Gasteiger partial charge on any atom is -0.494 e. The highest BCUT2D eigenvalue weighted by molar-refractivity contribution is 5.89. The normalized spacial score (nSPS) is 15.1. The maximum atomic E-state index is 11.5. The van der Waals surface area contributed by atoms with Crippen molar-refractivity contribution in [3.63, 3.8) is 0 Å². The molecule has 0 fully saturated rings. The van der Waals surface area contributed by atoms with Crippen LogP contribution in [0.25, 0.3) is 0 Å². The first-order chi connectivity index (χ1) is 15.6. The summed E-state index contributed by atoms with van der Waals surface area (Å²) in [5, 5.41) is 9.44. The van der Waals surface area contributed by atoms with E-state index in [1.165, 1.54) is 16.8 Å². The zero-order valence-corrected chi connectivity index (χ0v) is 18.8. The number of anilines is 2. The lowest BCUT2D eigenvalue weighted by Gasteiger charge is -2.28. The van der Waals surface area contributed by atoms with Gasteiger partial charge >= 0.3 is 5.97 Å². The summed E-state index contributed by atoms with van der Waals surface area (Å²) >= 11 is 0. The molecule has 1 N–H and O–H groups in total. The van der Waals surface area contributed by atoms with Gasteiger partial charge in [0.2, 0.25) is 0 Å². The predicted molar refractivity (Wildman–Crippen MR) is 127 cm³/mol. The summed E-state index contributed by atoms with van der Waals surface area (Å²) in [5.74, 6) is 0.455. The number of aryl methyl sites for hydroxylation is 2. The number of hydrogen-bond donors (Lipinski definition) is 1. The zero-order chi connectivity index (χ0) is 22.5. The van der Waals surface area contributed by atoms with E-state index in [9.17, 15) is 9.90 Å². The number of hydrogen-bond acceptors (Lipinski definition) is 4. The molecule has 4 rings (SSSR count). The molecular formula is C27H30N2O3. The fraction of sp³-hybridized carbons (Fsp3) is 0.333. The molecule has 0 saturated carbocycles. The Morgan fingerprint density at radius 1 is 1.16 bits per heavy atom. The predicted octanol–water partition coefficient (Wildman–Crippen LogP) is 6.00. The second-order valence-electron chi connectivity index (χ2n) is 8.33. The van der Waals surface area contributed by atoms with Crippen molar-refractivity contribution in [2.24, 2.45) is 0 Å². The number of aromatic carboxylic acids is 1. The lowest BCUT2D eigenvalue weighted by molar-refractivity contribution is 0.0695. The summed E-state index contributed by atoms with van der Waals surface area (Å²) < 4.78 is 5.55. The topological polar surface area (TPSA) is 62.7 Å². The first-order valence-corrected chi connectivity index (χ1v) is 11.3. The molecule has 5 nitrogen and oxygen atoms in total. The van der Waals surface area contributed by atoms with E-state index in [0.29, 0.717) is 18.1 Å². The van der Waals surface area contributed by atoms with Crippen LogP contribution in [0, 0.1) is 0 Å². The lowest BCUT2D eigenvalue weighted by Crippen LogP contribution is -2.14. The van der Waals surface area contributed by atoms with E-state index in [1.807, 2.05) is 19.1 Å². The van der Waals surface area contributed by atoms with Gasteiger partial charge in [0.15, 0.2) is 0 Å². The fourth-order valence-electron chi connectivity index (χ4n) is 4.66. The smallest absolute Gasteiger partial charge is 0.336 e. The molecular weight excluding hydrogens is 400 g/mol. The average Bonchev–Trinajstić information content (AvgIpc) is 2.82. The third-order valence-electron chi connectivity index (χ3n) is 6.38. The molecule has 2 aromatic carbocycles. The number of aromatic nitrogens is 1. The van der Waals surface area contributed by atoms with Gasteiger partial charge in [-0.05, 0) is 104 Å². The summed E-state index contributed by atoms with van der Waals surface area (Å²) in [7, 11) is 2.09. The quantitative estimate of drug-likeness (QED) is 0.475. The number of nitrogens with zero attached hydrogens (tertiary/aromatic N) is 2. The van der Waals surface area contributed by atoms with Crippen LogP contribution in [-0.2, 0) is 12.8 Å². The van der Waals surface area contributed by atoms with Crippen LogP contribution < -0.4 is 9.64 Å². The highest BCUT2D eigenvalue weighted by atomic mass is 16.5. The molecule has 5 heteroatoms. The molecule has 0 aliphatic heterocycles. The molecule has 0 amide bonds. The number of ether oxygens (including phenoxy) is 1. The van der Waals surface area contributed by atoms with Crippen LogP contribution in [0.2, 0.25) is 0 Å². The van der Waals surface area contributed by atoms with E-state index in [2.05, 4.69) is 47.3 Å². The number of benzene rings is 2. The van der Waals surface area contributed by atoms with Gasteiger partial charge in [-0.3, -0.25) is 4.98 Å². The van der Waals surface area contributed by atoms with Crippen molar-refractivity contribution in [2.75, 3.05) is 18.6 Å². The number of rotatable bonds is 8. The van der Waals surface area contributed by atoms with Crippen molar-refractivity contribution in [3.8, 4) is 5.75 Å². The summed E-state index contributed by atoms with van der Waals surface area (Å²) in [6, 6.07) is 16.5. The van der Waals surface area contributed by atoms with Crippen LogP contribution in [0.4, 0.5) is 11.4 Å². The Kier molecular flexibility index (Phi) is 6.74. The van der Waals surface area contributed by atoms with Crippen molar-refractivity contribution in [1.29, 1.82) is 0 Å². The Balaban J connectivity index is 1.49. The molecule has 1 heterocycles. The molecule has 0 radical (unpaired) electrons. The van der Waals surface area contributed by atoms with Crippen LogP contribution in [0.5, 0.6) is 5.75 Å². The van der Waals surface area contributed by atoms with Crippen LogP contribution in [-0.4, -0.2) is 29.7 Å². The van der Waals surface area contributed by atoms with Crippen molar-refractivity contribution >= 4 is 17.3 Å². The fourth-order valence-corrected chi connectivity index (χ4v) is 4.66. The third kappa shape index (κ3) is 4.77.